The zero-order valence-corrected chi connectivity index (χ0v) is 12.6. The third-order valence-corrected chi connectivity index (χ3v) is 4.22. The Balaban J connectivity index is 1.73. The van der Waals surface area contributed by atoms with E-state index in [9.17, 15) is 19.8 Å². The average Bonchev–Trinajstić information content (AvgIpc) is 2.55. The summed E-state index contributed by atoms with van der Waals surface area (Å²) in [6, 6.07) is 6.55. The number of hydrogen-bond acceptors (Lipinski definition) is 5. The highest BCUT2D eigenvalue weighted by molar-refractivity contribution is 5.81. The van der Waals surface area contributed by atoms with Gasteiger partial charge in [-0.1, -0.05) is 18.2 Å². The minimum atomic E-state index is -0.978. The molecular weight excluding hydrogens is 298 g/mol. The summed E-state index contributed by atoms with van der Waals surface area (Å²) in [4.78, 5) is 24.4. The lowest BCUT2D eigenvalue weighted by Crippen LogP contribution is -2.52. The molecule has 0 spiro atoms. The van der Waals surface area contributed by atoms with Gasteiger partial charge in [0.2, 0.25) is 5.91 Å². The summed E-state index contributed by atoms with van der Waals surface area (Å²) in [6.07, 6.45) is 1.61. The Morgan fingerprint density at radius 2 is 2.09 bits per heavy atom. The quantitative estimate of drug-likeness (QED) is 0.726. The summed E-state index contributed by atoms with van der Waals surface area (Å²) in [5.74, 6) is -0.409. The number of carbonyl (C=O) groups is 1. The molecule has 23 heavy (non-hydrogen) atoms. The maximum Gasteiger partial charge on any atom is 0.275 e. The van der Waals surface area contributed by atoms with E-state index in [-0.39, 0.29) is 12.1 Å². The van der Waals surface area contributed by atoms with Crippen LogP contribution in [-0.2, 0) is 11.3 Å². The Kier molecular flexibility index (Phi) is 4.40. The van der Waals surface area contributed by atoms with Crippen LogP contribution in [0, 0.1) is 0 Å². The molecule has 3 atom stereocenters. The maximum atomic E-state index is 12.3. The van der Waals surface area contributed by atoms with E-state index < -0.39 is 24.2 Å². The third-order valence-electron chi connectivity index (χ3n) is 4.22. The van der Waals surface area contributed by atoms with Gasteiger partial charge in [0, 0.05) is 5.39 Å². The van der Waals surface area contributed by atoms with Crippen molar-refractivity contribution in [3.05, 3.63) is 40.8 Å². The van der Waals surface area contributed by atoms with Gasteiger partial charge in [0.15, 0.2) is 0 Å². The van der Waals surface area contributed by atoms with E-state index in [4.69, 9.17) is 0 Å². The molecule has 3 rings (SSSR count). The lowest BCUT2D eigenvalue weighted by Gasteiger charge is -2.32. The third kappa shape index (κ3) is 3.25. The van der Waals surface area contributed by atoms with Crippen LogP contribution >= 0.6 is 0 Å². The van der Waals surface area contributed by atoms with Gasteiger partial charge in [-0.25, -0.2) is 4.68 Å². The van der Waals surface area contributed by atoms with Crippen molar-refractivity contribution in [2.24, 2.45) is 0 Å². The fourth-order valence-corrected chi connectivity index (χ4v) is 2.94. The van der Waals surface area contributed by atoms with Gasteiger partial charge >= 0.3 is 0 Å². The van der Waals surface area contributed by atoms with E-state index in [1.165, 1.54) is 0 Å². The molecule has 0 radical (unpaired) electrons. The molecule has 1 heterocycles. The second-order valence-electron chi connectivity index (χ2n) is 5.86. The number of aromatic nitrogens is 2. The van der Waals surface area contributed by atoms with Gasteiger partial charge in [0.1, 0.15) is 6.54 Å². The van der Waals surface area contributed by atoms with Crippen molar-refractivity contribution in [3.8, 4) is 0 Å². The van der Waals surface area contributed by atoms with Crippen LogP contribution in [0.3, 0.4) is 0 Å². The Labute approximate surface area is 132 Å². The summed E-state index contributed by atoms with van der Waals surface area (Å²) in [5.41, 5.74) is -0.331. The molecule has 1 saturated carbocycles. The highest BCUT2D eigenvalue weighted by Gasteiger charge is 2.31. The van der Waals surface area contributed by atoms with Crippen LogP contribution in [-0.4, -0.2) is 44.2 Å². The number of carbonyl (C=O) groups excluding carboxylic acids is 1. The Bertz CT molecular complexity index is 773. The number of nitrogens with one attached hydrogen (secondary N) is 1. The molecule has 1 aliphatic carbocycles. The minimum absolute atomic E-state index is 0.219. The number of nitrogens with zero attached hydrogens (tertiary/aromatic N) is 2. The predicted octanol–water partition coefficient (Wildman–Crippen LogP) is -0.213. The van der Waals surface area contributed by atoms with E-state index in [0.717, 1.165) is 16.5 Å². The topological polar surface area (TPSA) is 104 Å². The van der Waals surface area contributed by atoms with Gasteiger partial charge in [-0.05, 0) is 25.3 Å². The largest absolute Gasteiger partial charge is 0.390 e. The number of rotatable bonds is 3. The molecule has 1 aromatic carbocycles. The molecule has 122 valence electrons. The predicted molar refractivity (Wildman–Crippen MR) is 83.8 cm³/mol. The monoisotopic (exact) mass is 317 g/mol. The fraction of sp³-hybridized carbons (Fsp3) is 0.438. The fourth-order valence-electron chi connectivity index (χ4n) is 2.94. The van der Waals surface area contributed by atoms with Gasteiger partial charge in [0.05, 0.1) is 29.8 Å². The molecule has 1 amide bonds. The first-order chi connectivity index (χ1) is 11.1. The van der Waals surface area contributed by atoms with Gasteiger partial charge in [-0.2, -0.15) is 5.10 Å². The van der Waals surface area contributed by atoms with Crippen molar-refractivity contribution in [2.75, 3.05) is 0 Å². The summed E-state index contributed by atoms with van der Waals surface area (Å²) < 4.78 is 1.10. The molecule has 1 fully saturated rings. The second kappa shape index (κ2) is 6.47. The van der Waals surface area contributed by atoms with E-state index >= 15 is 0 Å². The summed E-state index contributed by atoms with van der Waals surface area (Å²) in [5, 5.41) is 27.4. The van der Waals surface area contributed by atoms with Crippen molar-refractivity contribution in [1.29, 1.82) is 0 Å². The Hall–Kier alpha value is -2.25. The number of fused-ring (bicyclic) bond motifs is 1. The average molecular weight is 317 g/mol. The lowest BCUT2D eigenvalue weighted by atomic mass is 9.90. The van der Waals surface area contributed by atoms with E-state index in [1.807, 2.05) is 6.07 Å². The molecule has 1 aliphatic rings. The van der Waals surface area contributed by atoms with Crippen LogP contribution in [0.25, 0.3) is 10.8 Å². The summed E-state index contributed by atoms with van der Waals surface area (Å²) in [7, 11) is 0. The molecule has 7 heteroatoms. The van der Waals surface area contributed by atoms with Crippen LogP contribution in [0.4, 0.5) is 0 Å². The zero-order valence-electron chi connectivity index (χ0n) is 12.6. The first-order valence-electron chi connectivity index (χ1n) is 7.66. The van der Waals surface area contributed by atoms with Gasteiger partial charge in [-0.15, -0.1) is 0 Å². The van der Waals surface area contributed by atoms with Crippen molar-refractivity contribution in [1.82, 2.24) is 15.1 Å². The standard InChI is InChI=1S/C16H19N3O4/c20-13-7-3-6-12(15(13)22)18-14(21)9-19-16(23)11-5-2-1-4-10(11)8-17-19/h1-2,4-5,8,12-13,15,20,22H,3,6-7,9H2,(H,18,21)/t12-,13-,15-/m1/s1. The minimum Gasteiger partial charge on any atom is -0.390 e. The molecule has 7 nitrogen and oxygen atoms in total. The van der Waals surface area contributed by atoms with Crippen LogP contribution in [0.15, 0.2) is 35.3 Å². The Morgan fingerprint density at radius 3 is 2.91 bits per heavy atom. The number of aliphatic hydroxyl groups is 2. The highest BCUT2D eigenvalue weighted by Crippen LogP contribution is 2.19. The van der Waals surface area contributed by atoms with Crippen molar-refractivity contribution in [3.63, 3.8) is 0 Å². The molecule has 2 aromatic rings. The van der Waals surface area contributed by atoms with Crippen molar-refractivity contribution >= 4 is 16.7 Å². The smallest absolute Gasteiger partial charge is 0.275 e. The van der Waals surface area contributed by atoms with Gasteiger partial charge in [0.25, 0.3) is 5.56 Å². The van der Waals surface area contributed by atoms with E-state index in [0.29, 0.717) is 18.2 Å². The summed E-state index contributed by atoms with van der Waals surface area (Å²) >= 11 is 0. The van der Waals surface area contributed by atoms with Crippen molar-refractivity contribution < 1.29 is 15.0 Å². The highest BCUT2D eigenvalue weighted by atomic mass is 16.3. The van der Waals surface area contributed by atoms with E-state index in [1.54, 1.807) is 24.4 Å². The van der Waals surface area contributed by atoms with Crippen LogP contribution in [0.1, 0.15) is 19.3 Å². The number of amides is 1. The summed E-state index contributed by atoms with van der Waals surface area (Å²) in [6.45, 7) is -0.219. The number of benzene rings is 1. The first-order valence-corrected chi connectivity index (χ1v) is 7.66. The maximum absolute atomic E-state index is 12.3. The zero-order chi connectivity index (χ0) is 16.4. The normalized spacial score (nSPS) is 24.5. The Morgan fingerprint density at radius 1 is 1.30 bits per heavy atom. The SMILES string of the molecule is O=C(Cn1ncc2ccccc2c1=O)N[C@@H]1CCC[C@@H](O)[C@@H]1O. The number of hydrogen-bond donors (Lipinski definition) is 3. The van der Waals surface area contributed by atoms with Crippen molar-refractivity contribution in [2.45, 2.75) is 44.1 Å². The molecule has 0 saturated heterocycles. The van der Waals surface area contributed by atoms with Gasteiger partial charge in [-0.3, -0.25) is 9.59 Å². The molecule has 0 unspecified atom stereocenters. The van der Waals surface area contributed by atoms with Crippen LogP contribution in [0.2, 0.25) is 0 Å². The molecular formula is C16H19N3O4. The van der Waals surface area contributed by atoms with E-state index in [2.05, 4.69) is 10.4 Å². The van der Waals surface area contributed by atoms with Crippen LogP contribution in [0.5, 0.6) is 0 Å². The molecule has 1 aromatic heterocycles. The number of aliphatic hydroxyl groups excluding tert-OH is 2. The van der Waals surface area contributed by atoms with Crippen LogP contribution < -0.4 is 10.9 Å². The lowest BCUT2D eigenvalue weighted by molar-refractivity contribution is -0.125. The molecule has 0 aliphatic heterocycles. The second-order valence-corrected chi connectivity index (χ2v) is 5.86. The molecule has 3 N–H and O–H groups in total. The first kappa shape index (κ1) is 15.6. The van der Waals surface area contributed by atoms with Gasteiger partial charge < -0.3 is 15.5 Å². The molecule has 0 bridgehead atoms.